The van der Waals surface area contributed by atoms with Crippen LogP contribution in [0.2, 0.25) is 0 Å². The van der Waals surface area contributed by atoms with Gasteiger partial charge in [-0.15, -0.1) is 0 Å². The quantitative estimate of drug-likeness (QED) is 0.507. The lowest BCUT2D eigenvalue weighted by Crippen LogP contribution is -2.31. The van der Waals surface area contributed by atoms with Crippen molar-refractivity contribution in [3.63, 3.8) is 0 Å². The molecule has 0 N–H and O–H groups in total. The topological polar surface area (TPSA) is 27.7 Å². The molecule has 0 atom stereocenters. The van der Waals surface area contributed by atoms with E-state index in [4.69, 9.17) is 14.2 Å². The molecule has 0 unspecified atom stereocenters. The van der Waals surface area contributed by atoms with Crippen molar-refractivity contribution in [3.05, 3.63) is 12.2 Å². The van der Waals surface area contributed by atoms with Gasteiger partial charge < -0.3 is 14.2 Å². The molecule has 3 rings (SSSR count). The highest BCUT2D eigenvalue weighted by molar-refractivity contribution is 4.92. The Balaban J connectivity index is 1.25. The minimum absolute atomic E-state index is 0.0450. The summed E-state index contributed by atoms with van der Waals surface area (Å²) in [4.78, 5) is 0. The molecule has 1 heterocycles. The molecule has 0 bridgehead atoms. The van der Waals surface area contributed by atoms with Crippen molar-refractivity contribution >= 4 is 0 Å². The van der Waals surface area contributed by atoms with Crippen LogP contribution < -0.4 is 0 Å². The first-order valence-electron chi connectivity index (χ1n) is 11.0. The maximum Gasteiger partial charge on any atom is 0.266 e. The van der Waals surface area contributed by atoms with Gasteiger partial charge in [-0.3, -0.25) is 0 Å². The molecule has 3 aliphatic rings. The predicted octanol–water partition coefficient (Wildman–Crippen LogP) is 5.94. The van der Waals surface area contributed by atoms with Gasteiger partial charge in [-0.25, -0.2) is 0 Å². The van der Waals surface area contributed by atoms with Crippen LogP contribution in [0.1, 0.15) is 71.1 Å². The van der Waals surface area contributed by atoms with Gasteiger partial charge in [0.1, 0.15) is 0 Å². The standard InChI is InChI=1S/C22H36F2O3/c1-16-14-26-22(27-15-16)3-2-12-25-20-10-8-19(9-11-20)18-6-4-17(5-7-18)13-21(23)24/h13,16-20,22H,2-12,14-15H2,1H3. The minimum atomic E-state index is -1.51. The van der Waals surface area contributed by atoms with E-state index in [1.54, 1.807) is 0 Å². The van der Waals surface area contributed by atoms with E-state index in [2.05, 4.69) is 6.92 Å². The second-order valence-electron chi connectivity index (χ2n) is 8.88. The fourth-order valence-corrected chi connectivity index (χ4v) is 4.99. The Bertz CT molecular complexity index is 442. The number of hydrogen-bond donors (Lipinski definition) is 0. The molecule has 0 aromatic carbocycles. The zero-order valence-corrected chi connectivity index (χ0v) is 16.7. The number of allylic oxidation sites excluding steroid dienone is 1. The summed E-state index contributed by atoms with van der Waals surface area (Å²) in [5.74, 6) is 2.12. The maximum absolute atomic E-state index is 12.4. The van der Waals surface area contributed by atoms with Crippen LogP contribution in [0.3, 0.4) is 0 Å². The zero-order valence-electron chi connectivity index (χ0n) is 16.7. The van der Waals surface area contributed by atoms with Gasteiger partial charge >= 0.3 is 0 Å². The third kappa shape index (κ3) is 7.10. The fraction of sp³-hybridized carbons (Fsp3) is 0.909. The maximum atomic E-state index is 12.4. The third-order valence-electron chi connectivity index (χ3n) is 6.63. The largest absolute Gasteiger partial charge is 0.378 e. The van der Waals surface area contributed by atoms with Crippen molar-refractivity contribution < 1.29 is 23.0 Å². The second kappa shape index (κ2) is 10.9. The predicted molar refractivity (Wildman–Crippen MR) is 102 cm³/mol. The Kier molecular flexibility index (Phi) is 8.53. The van der Waals surface area contributed by atoms with Crippen LogP contribution in [0.4, 0.5) is 8.78 Å². The summed E-state index contributed by atoms with van der Waals surface area (Å²) in [5, 5.41) is 0. The van der Waals surface area contributed by atoms with Crippen LogP contribution in [0.15, 0.2) is 12.2 Å². The Hall–Kier alpha value is -0.520. The van der Waals surface area contributed by atoms with Gasteiger partial charge in [0, 0.05) is 18.9 Å². The molecule has 27 heavy (non-hydrogen) atoms. The average molecular weight is 387 g/mol. The van der Waals surface area contributed by atoms with Gasteiger partial charge in [0.05, 0.1) is 19.3 Å². The van der Waals surface area contributed by atoms with Crippen molar-refractivity contribution in [2.75, 3.05) is 19.8 Å². The summed E-state index contributed by atoms with van der Waals surface area (Å²) in [7, 11) is 0. The lowest BCUT2D eigenvalue weighted by molar-refractivity contribution is -0.201. The average Bonchev–Trinajstić information content (AvgIpc) is 2.67. The Morgan fingerprint density at radius 1 is 0.926 bits per heavy atom. The Labute approximate surface area is 162 Å². The molecular formula is C22H36F2O3. The van der Waals surface area contributed by atoms with E-state index < -0.39 is 6.08 Å². The fourth-order valence-electron chi connectivity index (χ4n) is 4.99. The molecule has 0 aromatic rings. The summed E-state index contributed by atoms with van der Waals surface area (Å²) < 4.78 is 42.2. The van der Waals surface area contributed by atoms with Crippen LogP contribution in [0.5, 0.6) is 0 Å². The number of rotatable bonds is 7. The molecule has 0 aromatic heterocycles. The van der Waals surface area contributed by atoms with E-state index in [-0.39, 0.29) is 12.2 Å². The monoisotopic (exact) mass is 386 g/mol. The number of ether oxygens (including phenoxy) is 3. The van der Waals surface area contributed by atoms with E-state index in [9.17, 15) is 8.78 Å². The van der Waals surface area contributed by atoms with Crippen LogP contribution in [0, 0.1) is 23.7 Å². The summed E-state index contributed by atoms with van der Waals surface area (Å²) >= 11 is 0. The van der Waals surface area contributed by atoms with E-state index in [1.165, 1.54) is 18.9 Å². The Morgan fingerprint density at radius 2 is 1.52 bits per heavy atom. The molecule has 1 saturated heterocycles. The van der Waals surface area contributed by atoms with Crippen LogP contribution in [0.25, 0.3) is 0 Å². The van der Waals surface area contributed by atoms with Gasteiger partial charge in [0.25, 0.3) is 6.08 Å². The highest BCUT2D eigenvalue weighted by Gasteiger charge is 2.31. The van der Waals surface area contributed by atoms with Gasteiger partial charge in [-0.05, 0) is 81.6 Å². The molecule has 3 nitrogen and oxygen atoms in total. The summed E-state index contributed by atoms with van der Waals surface area (Å²) in [6, 6.07) is 0. The minimum Gasteiger partial charge on any atom is -0.378 e. The number of hydrogen-bond acceptors (Lipinski definition) is 3. The second-order valence-corrected chi connectivity index (χ2v) is 8.88. The lowest BCUT2D eigenvalue weighted by atomic mass is 9.70. The first kappa shape index (κ1) is 21.2. The Morgan fingerprint density at radius 3 is 2.11 bits per heavy atom. The molecule has 5 heteroatoms. The molecule has 3 fully saturated rings. The van der Waals surface area contributed by atoms with Crippen LogP contribution in [-0.2, 0) is 14.2 Å². The molecule has 156 valence electrons. The van der Waals surface area contributed by atoms with Crippen molar-refractivity contribution in [1.29, 1.82) is 0 Å². The van der Waals surface area contributed by atoms with Gasteiger partial charge in [-0.2, -0.15) is 8.78 Å². The highest BCUT2D eigenvalue weighted by Crippen LogP contribution is 2.41. The molecule has 0 amide bonds. The molecular weight excluding hydrogens is 350 g/mol. The van der Waals surface area contributed by atoms with E-state index >= 15 is 0 Å². The van der Waals surface area contributed by atoms with Crippen molar-refractivity contribution in [2.24, 2.45) is 23.7 Å². The van der Waals surface area contributed by atoms with E-state index in [1.807, 2.05) is 0 Å². The van der Waals surface area contributed by atoms with Gasteiger partial charge in [-0.1, -0.05) is 6.92 Å². The van der Waals surface area contributed by atoms with Gasteiger partial charge in [0.2, 0.25) is 0 Å². The number of halogens is 2. The summed E-state index contributed by atoms with van der Waals surface area (Å²) in [6.45, 7) is 4.54. The molecule has 0 radical (unpaired) electrons. The van der Waals surface area contributed by atoms with E-state index in [0.29, 0.717) is 12.0 Å². The lowest BCUT2D eigenvalue weighted by Gasteiger charge is -2.37. The van der Waals surface area contributed by atoms with Gasteiger partial charge in [0.15, 0.2) is 6.29 Å². The SMILES string of the molecule is CC1COC(CCCOC2CCC(C3CCC(C=C(F)F)CC3)CC2)OC1. The first-order valence-corrected chi connectivity index (χ1v) is 11.0. The molecule has 2 saturated carbocycles. The summed E-state index contributed by atoms with van der Waals surface area (Å²) in [6.07, 6.45) is 10.8. The zero-order chi connectivity index (χ0) is 19.1. The molecule has 0 spiro atoms. The third-order valence-corrected chi connectivity index (χ3v) is 6.63. The van der Waals surface area contributed by atoms with E-state index in [0.717, 1.165) is 83.0 Å². The van der Waals surface area contributed by atoms with Crippen molar-refractivity contribution in [2.45, 2.75) is 83.5 Å². The highest BCUT2D eigenvalue weighted by atomic mass is 19.3. The first-order chi connectivity index (χ1) is 13.1. The van der Waals surface area contributed by atoms with Crippen molar-refractivity contribution in [3.8, 4) is 0 Å². The van der Waals surface area contributed by atoms with Crippen molar-refractivity contribution in [1.82, 2.24) is 0 Å². The molecule has 2 aliphatic carbocycles. The summed E-state index contributed by atoms with van der Waals surface area (Å²) in [5.41, 5.74) is 0. The van der Waals surface area contributed by atoms with Crippen LogP contribution in [-0.4, -0.2) is 32.2 Å². The molecule has 1 aliphatic heterocycles. The smallest absolute Gasteiger partial charge is 0.266 e. The normalized spacial score (nSPS) is 37.7. The van der Waals surface area contributed by atoms with Crippen LogP contribution >= 0.6 is 0 Å².